The second kappa shape index (κ2) is 7.94. The lowest BCUT2D eigenvalue weighted by Crippen LogP contribution is -2.38. The van der Waals surface area contributed by atoms with Gasteiger partial charge in [0.25, 0.3) is 5.56 Å². The summed E-state index contributed by atoms with van der Waals surface area (Å²) in [4.78, 5) is 33.8. The molecule has 7 nitrogen and oxygen atoms in total. The second-order valence-corrected chi connectivity index (χ2v) is 7.08. The molecule has 0 radical (unpaired) electrons. The molecule has 24 heavy (non-hydrogen) atoms. The van der Waals surface area contributed by atoms with Gasteiger partial charge < -0.3 is 4.74 Å². The van der Waals surface area contributed by atoms with Crippen molar-refractivity contribution in [2.45, 2.75) is 32.2 Å². The highest BCUT2D eigenvalue weighted by Gasteiger charge is 2.17. The van der Waals surface area contributed by atoms with Crippen molar-refractivity contribution in [1.29, 1.82) is 0 Å². The van der Waals surface area contributed by atoms with E-state index in [0.29, 0.717) is 53.2 Å². The maximum absolute atomic E-state index is 12.6. The number of hydrogen-bond donors (Lipinski definition) is 0. The summed E-state index contributed by atoms with van der Waals surface area (Å²) in [6.45, 7) is 7.34. The molecule has 0 saturated carbocycles. The van der Waals surface area contributed by atoms with Crippen LogP contribution in [0.1, 0.15) is 26.6 Å². The van der Waals surface area contributed by atoms with Crippen LogP contribution in [0.15, 0.2) is 14.6 Å². The number of fused-ring (bicyclic) bond motifs is 1. The standard InChI is InChI=1S/C16H24N4O3S/c1-6-23-7-8-24-14-12-13(17-11(18-14)9-10(2)3)19(4)16(22)20(5)15(12)21/h10H,6-9H2,1-5H3. The number of ether oxygens (including phenoxy) is 1. The van der Waals surface area contributed by atoms with Crippen LogP contribution in [0.2, 0.25) is 0 Å². The van der Waals surface area contributed by atoms with Gasteiger partial charge in [-0.25, -0.2) is 14.8 Å². The summed E-state index contributed by atoms with van der Waals surface area (Å²) in [5.41, 5.74) is -0.345. The molecule has 0 spiro atoms. The minimum atomic E-state index is -0.382. The molecule has 2 aromatic rings. The molecule has 0 fully saturated rings. The van der Waals surface area contributed by atoms with Gasteiger partial charge in [0.2, 0.25) is 0 Å². The Bertz CT molecular complexity index is 842. The molecule has 0 bridgehead atoms. The average molecular weight is 352 g/mol. The Labute approximate surface area is 145 Å². The molecular weight excluding hydrogens is 328 g/mol. The molecule has 0 aliphatic carbocycles. The van der Waals surface area contributed by atoms with Gasteiger partial charge in [0.1, 0.15) is 16.2 Å². The first-order valence-corrected chi connectivity index (χ1v) is 9.02. The highest BCUT2D eigenvalue weighted by atomic mass is 32.2. The van der Waals surface area contributed by atoms with Gasteiger partial charge in [-0.15, -0.1) is 11.8 Å². The highest BCUT2D eigenvalue weighted by molar-refractivity contribution is 7.99. The van der Waals surface area contributed by atoms with Crippen molar-refractivity contribution in [2.24, 2.45) is 20.0 Å². The zero-order valence-corrected chi connectivity index (χ0v) is 15.6. The van der Waals surface area contributed by atoms with E-state index in [4.69, 9.17) is 4.74 Å². The number of thioether (sulfide) groups is 1. The SMILES string of the molecule is CCOCCSc1nc(CC(C)C)nc2c1c(=O)n(C)c(=O)n2C. The molecule has 0 aliphatic rings. The van der Waals surface area contributed by atoms with Crippen molar-refractivity contribution in [2.75, 3.05) is 19.0 Å². The predicted octanol–water partition coefficient (Wildman–Crippen LogP) is 1.35. The minimum Gasteiger partial charge on any atom is -0.381 e. The minimum absolute atomic E-state index is 0.358. The third kappa shape index (κ3) is 3.87. The van der Waals surface area contributed by atoms with Gasteiger partial charge in [-0.3, -0.25) is 13.9 Å². The van der Waals surface area contributed by atoms with Crippen LogP contribution in [-0.4, -0.2) is 38.1 Å². The lowest BCUT2D eigenvalue weighted by Gasteiger charge is -2.12. The fourth-order valence-corrected chi connectivity index (χ4v) is 3.26. The average Bonchev–Trinajstić information content (AvgIpc) is 2.54. The van der Waals surface area contributed by atoms with Gasteiger partial charge in [0, 0.05) is 32.9 Å². The summed E-state index contributed by atoms with van der Waals surface area (Å²) in [7, 11) is 3.10. The molecule has 0 aliphatic heterocycles. The monoisotopic (exact) mass is 352 g/mol. The number of hydrogen-bond acceptors (Lipinski definition) is 6. The van der Waals surface area contributed by atoms with E-state index in [1.165, 1.54) is 23.4 Å². The summed E-state index contributed by atoms with van der Waals surface area (Å²) >= 11 is 1.46. The Morgan fingerprint density at radius 3 is 2.50 bits per heavy atom. The van der Waals surface area contributed by atoms with Crippen molar-refractivity contribution in [3.8, 4) is 0 Å². The normalized spacial score (nSPS) is 11.6. The Balaban J connectivity index is 2.62. The maximum Gasteiger partial charge on any atom is 0.332 e. The summed E-state index contributed by atoms with van der Waals surface area (Å²) in [6, 6.07) is 0. The quantitative estimate of drug-likeness (QED) is 0.425. The molecule has 8 heteroatoms. The summed E-state index contributed by atoms with van der Waals surface area (Å²) in [6.07, 6.45) is 0.693. The van der Waals surface area contributed by atoms with E-state index in [-0.39, 0.29) is 11.2 Å². The van der Waals surface area contributed by atoms with Crippen LogP contribution >= 0.6 is 11.8 Å². The first kappa shape index (κ1) is 18.7. The van der Waals surface area contributed by atoms with E-state index in [1.807, 2.05) is 6.92 Å². The van der Waals surface area contributed by atoms with Crippen molar-refractivity contribution in [3.63, 3.8) is 0 Å². The van der Waals surface area contributed by atoms with E-state index in [0.717, 1.165) is 4.57 Å². The van der Waals surface area contributed by atoms with Gasteiger partial charge >= 0.3 is 5.69 Å². The number of aryl methyl sites for hydroxylation is 1. The fraction of sp³-hybridized carbons (Fsp3) is 0.625. The summed E-state index contributed by atoms with van der Waals surface area (Å²) < 4.78 is 7.87. The zero-order valence-electron chi connectivity index (χ0n) is 14.8. The van der Waals surface area contributed by atoms with Crippen molar-refractivity contribution >= 4 is 22.8 Å². The molecule has 2 aromatic heterocycles. The molecule has 2 rings (SSSR count). The van der Waals surface area contributed by atoms with Crippen LogP contribution in [0.5, 0.6) is 0 Å². The van der Waals surface area contributed by atoms with Gasteiger partial charge in [-0.05, 0) is 12.8 Å². The zero-order chi connectivity index (χ0) is 17.9. The Hall–Kier alpha value is -1.67. The molecule has 0 unspecified atom stereocenters. The second-order valence-electron chi connectivity index (χ2n) is 5.99. The van der Waals surface area contributed by atoms with Crippen LogP contribution in [0.25, 0.3) is 11.0 Å². The molecule has 0 atom stereocenters. The number of nitrogens with zero attached hydrogens (tertiary/aromatic N) is 4. The lowest BCUT2D eigenvalue weighted by atomic mass is 10.1. The molecule has 0 amide bonds. The van der Waals surface area contributed by atoms with Crippen LogP contribution in [0, 0.1) is 5.92 Å². The molecule has 2 heterocycles. The van der Waals surface area contributed by atoms with Crippen LogP contribution < -0.4 is 11.2 Å². The van der Waals surface area contributed by atoms with E-state index < -0.39 is 0 Å². The molecular formula is C16H24N4O3S. The summed E-state index contributed by atoms with van der Waals surface area (Å²) in [5, 5.41) is 1.01. The van der Waals surface area contributed by atoms with Gasteiger partial charge in [-0.1, -0.05) is 13.8 Å². The first-order chi connectivity index (χ1) is 11.4. The summed E-state index contributed by atoms with van der Waals surface area (Å²) in [5.74, 6) is 1.72. The lowest BCUT2D eigenvalue weighted by molar-refractivity contribution is 0.164. The van der Waals surface area contributed by atoms with Gasteiger partial charge in [0.05, 0.1) is 6.61 Å². The van der Waals surface area contributed by atoms with Gasteiger partial charge in [-0.2, -0.15) is 0 Å². The van der Waals surface area contributed by atoms with Crippen LogP contribution in [0.3, 0.4) is 0 Å². The third-order valence-electron chi connectivity index (χ3n) is 3.57. The Morgan fingerprint density at radius 1 is 1.17 bits per heavy atom. The highest BCUT2D eigenvalue weighted by Crippen LogP contribution is 2.22. The first-order valence-electron chi connectivity index (χ1n) is 8.04. The van der Waals surface area contributed by atoms with E-state index in [2.05, 4.69) is 23.8 Å². The van der Waals surface area contributed by atoms with E-state index in [1.54, 1.807) is 7.05 Å². The smallest absolute Gasteiger partial charge is 0.332 e. The third-order valence-corrected chi connectivity index (χ3v) is 4.51. The molecule has 0 saturated heterocycles. The predicted molar refractivity (Wildman–Crippen MR) is 95.8 cm³/mol. The fourth-order valence-electron chi connectivity index (χ4n) is 2.37. The Morgan fingerprint density at radius 2 is 1.88 bits per heavy atom. The van der Waals surface area contributed by atoms with Gasteiger partial charge in [0.15, 0.2) is 5.65 Å². The van der Waals surface area contributed by atoms with Crippen LogP contribution in [0.4, 0.5) is 0 Å². The van der Waals surface area contributed by atoms with Crippen molar-refractivity contribution in [3.05, 3.63) is 26.7 Å². The maximum atomic E-state index is 12.6. The molecule has 0 aromatic carbocycles. The topological polar surface area (TPSA) is 79.0 Å². The number of rotatable bonds is 7. The largest absolute Gasteiger partial charge is 0.381 e. The Kier molecular flexibility index (Phi) is 6.17. The van der Waals surface area contributed by atoms with Crippen LogP contribution in [-0.2, 0) is 25.3 Å². The molecule has 0 N–H and O–H groups in total. The van der Waals surface area contributed by atoms with E-state index >= 15 is 0 Å². The number of aromatic nitrogens is 4. The molecule has 132 valence electrons. The van der Waals surface area contributed by atoms with Crippen molar-refractivity contribution < 1.29 is 4.74 Å². The van der Waals surface area contributed by atoms with Crippen molar-refractivity contribution in [1.82, 2.24) is 19.1 Å². The van der Waals surface area contributed by atoms with E-state index in [9.17, 15) is 9.59 Å².